The van der Waals surface area contributed by atoms with E-state index in [1.165, 1.54) is 24.3 Å². The Hall–Kier alpha value is -4.32. The van der Waals surface area contributed by atoms with Crippen LogP contribution in [0.1, 0.15) is 31.8 Å². The SMILES string of the molecule is O=C1c2ccccc2C(=O)c2c1cc1ccccc1c2Oc1ccc([N+](=O)[O-])cc1. The summed E-state index contributed by atoms with van der Waals surface area (Å²) in [5.41, 5.74) is 1.12. The number of ether oxygens (including phenoxy) is 1. The molecule has 0 amide bonds. The van der Waals surface area contributed by atoms with Crippen molar-refractivity contribution in [1.29, 1.82) is 0 Å². The Bertz CT molecular complexity index is 1370. The highest BCUT2D eigenvalue weighted by atomic mass is 16.6. The van der Waals surface area contributed by atoms with Gasteiger partial charge in [0.1, 0.15) is 11.5 Å². The van der Waals surface area contributed by atoms with Gasteiger partial charge in [-0.25, -0.2) is 0 Å². The van der Waals surface area contributed by atoms with Gasteiger partial charge < -0.3 is 4.74 Å². The molecule has 0 heterocycles. The number of benzene rings is 4. The fourth-order valence-corrected chi connectivity index (χ4v) is 3.74. The molecule has 0 radical (unpaired) electrons. The number of fused-ring (bicyclic) bond motifs is 3. The predicted octanol–water partition coefficient (Wildman–Crippen LogP) is 5.32. The first kappa shape index (κ1) is 17.8. The zero-order valence-corrected chi connectivity index (χ0v) is 15.5. The molecule has 0 saturated carbocycles. The van der Waals surface area contributed by atoms with E-state index in [2.05, 4.69) is 0 Å². The molecule has 0 unspecified atom stereocenters. The number of hydrogen-bond acceptors (Lipinski definition) is 5. The monoisotopic (exact) mass is 395 g/mol. The maximum Gasteiger partial charge on any atom is 0.269 e. The van der Waals surface area contributed by atoms with Crippen LogP contribution in [0.5, 0.6) is 11.5 Å². The molecule has 0 atom stereocenters. The third-order valence-electron chi connectivity index (χ3n) is 5.16. The van der Waals surface area contributed by atoms with Crippen molar-refractivity contribution in [3.05, 3.63) is 111 Å². The van der Waals surface area contributed by atoms with E-state index in [0.717, 1.165) is 5.39 Å². The van der Waals surface area contributed by atoms with Gasteiger partial charge in [0.2, 0.25) is 0 Å². The number of rotatable bonds is 3. The quantitative estimate of drug-likeness (QED) is 0.305. The highest BCUT2D eigenvalue weighted by Crippen LogP contribution is 2.41. The highest BCUT2D eigenvalue weighted by molar-refractivity contribution is 6.31. The minimum Gasteiger partial charge on any atom is -0.456 e. The van der Waals surface area contributed by atoms with E-state index in [-0.39, 0.29) is 34.1 Å². The molecule has 30 heavy (non-hydrogen) atoms. The number of non-ortho nitro benzene ring substituents is 1. The second-order valence-electron chi connectivity index (χ2n) is 6.91. The topological polar surface area (TPSA) is 86.5 Å². The average Bonchev–Trinajstić information content (AvgIpc) is 2.77. The van der Waals surface area contributed by atoms with Crippen LogP contribution in [-0.2, 0) is 0 Å². The lowest BCUT2D eigenvalue weighted by atomic mass is 9.82. The molecule has 0 bridgehead atoms. The molecule has 0 aliphatic heterocycles. The van der Waals surface area contributed by atoms with Crippen molar-refractivity contribution in [2.45, 2.75) is 0 Å². The fraction of sp³-hybridized carbons (Fsp3) is 0. The summed E-state index contributed by atoms with van der Waals surface area (Å²) in [6, 6.07) is 21.3. The number of hydrogen-bond donors (Lipinski definition) is 0. The number of nitro benzene ring substituents is 1. The first-order valence-electron chi connectivity index (χ1n) is 9.21. The van der Waals surface area contributed by atoms with Crippen molar-refractivity contribution < 1.29 is 19.2 Å². The van der Waals surface area contributed by atoms with E-state index in [9.17, 15) is 19.7 Å². The van der Waals surface area contributed by atoms with Gasteiger partial charge in [-0.2, -0.15) is 0 Å². The Morgan fingerprint density at radius 2 is 1.37 bits per heavy atom. The second-order valence-corrected chi connectivity index (χ2v) is 6.91. The average molecular weight is 395 g/mol. The van der Waals surface area contributed by atoms with Crippen molar-refractivity contribution in [2.75, 3.05) is 0 Å². The largest absolute Gasteiger partial charge is 0.456 e. The van der Waals surface area contributed by atoms with E-state index in [1.807, 2.05) is 24.3 Å². The molecule has 0 spiro atoms. The summed E-state index contributed by atoms with van der Waals surface area (Å²) in [6.07, 6.45) is 0. The second kappa shape index (κ2) is 6.63. The Morgan fingerprint density at radius 1 is 0.733 bits per heavy atom. The van der Waals surface area contributed by atoms with Gasteiger partial charge in [0.15, 0.2) is 11.6 Å². The fourth-order valence-electron chi connectivity index (χ4n) is 3.74. The van der Waals surface area contributed by atoms with E-state index in [1.54, 1.807) is 30.3 Å². The molecule has 6 heteroatoms. The van der Waals surface area contributed by atoms with Gasteiger partial charge in [0.05, 0.1) is 10.5 Å². The summed E-state index contributed by atoms with van der Waals surface area (Å²) in [6.45, 7) is 0. The summed E-state index contributed by atoms with van der Waals surface area (Å²) in [4.78, 5) is 36.9. The predicted molar refractivity (Wildman–Crippen MR) is 110 cm³/mol. The van der Waals surface area contributed by atoms with Crippen molar-refractivity contribution >= 4 is 28.0 Å². The van der Waals surface area contributed by atoms with E-state index < -0.39 is 4.92 Å². The van der Waals surface area contributed by atoms with Gasteiger partial charge in [0.25, 0.3) is 5.69 Å². The van der Waals surface area contributed by atoms with Crippen LogP contribution in [0.2, 0.25) is 0 Å². The van der Waals surface area contributed by atoms with Crippen LogP contribution in [0.3, 0.4) is 0 Å². The molecule has 0 N–H and O–H groups in total. The summed E-state index contributed by atoms with van der Waals surface area (Å²) < 4.78 is 6.06. The van der Waals surface area contributed by atoms with Crippen LogP contribution in [-0.4, -0.2) is 16.5 Å². The molecular formula is C24H13NO5. The van der Waals surface area contributed by atoms with Crippen molar-refractivity contribution in [3.63, 3.8) is 0 Å². The van der Waals surface area contributed by atoms with Crippen LogP contribution >= 0.6 is 0 Å². The van der Waals surface area contributed by atoms with E-state index in [0.29, 0.717) is 22.3 Å². The van der Waals surface area contributed by atoms with Crippen LogP contribution < -0.4 is 4.74 Å². The molecular weight excluding hydrogens is 382 g/mol. The molecule has 0 saturated heterocycles. The van der Waals surface area contributed by atoms with Crippen LogP contribution in [0.15, 0.2) is 78.9 Å². The smallest absolute Gasteiger partial charge is 0.269 e. The molecule has 4 aromatic rings. The number of carbonyl (C=O) groups excluding carboxylic acids is 2. The number of carbonyl (C=O) groups is 2. The molecule has 0 fully saturated rings. The Labute approximate surface area is 170 Å². The summed E-state index contributed by atoms with van der Waals surface area (Å²) in [7, 11) is 0. The van der Waals surface area contributed by atoms with Gasteiger partial charge in [-0.3, -0.25) is 19.7 Å². The summed E-state index contributed by atoms with van der Waals surface area (Å²) >= 11 is 0. The summed E-state index contributed by atoms with van der Waals surface area (Å²) in [5, 5.41) is 12.3. The molecule has 1 aliphatic rings. The zero-order valence-electron chi connectivity index (χ0n) is 15.5. The number of ketones is 2. The van der Waals surface area contributed by atoms with Gasteiger partial charge in [-0.15, -0.1) is 0 Å². The highest BCUT2D eigenvalue weighted by Gasteiger charge is 2.33. The first-order valence-corrected chi connectivity index (χ1v) is 9.21. The minimum atomic E-state index is -0.497. The molecule has 1 aliphatic carbocycles. The van der Waals surface area contributed by atoms with Crippen LogP contribution in [0.4, 0.5) is 5.69 Å². The van der Waals surface area contributed by atoms with Gasteiger partial charge in [-0.1, -0.05) is 48.5 Å². The van der Waals surface area contributed by atoms with Crippen molar-refractivity contribution in [3.8, 4) is 11.5 Å². The maximum atomic E-state index is 13.3. The number of nitrogens with zero attached hydrogens (tertiary/aromatic N) is 1. The molecule has 0 aromatic heterocycles. The normalized spacial score (nSPS) is 12.4. The van der Waals surface area contributed by atoms with Crippen LogP contribution in [0.25, 0.3) is 10.8 Å². The Morgan fingerprint density at radius 3 is 2.07 bits per heavy atom. The number of nitro groups is 1. The third-order valence-corrected chi connectivity index (χ3v) is 5.16. The van der Waals surface area contributed by atoms with Crippen LogP contribution in [0, 0.1) is 10.1 Å². The lowest BCUT2D eigenvalue weighted by Gasteiger charge is -2.22. The molecule has 5 rings (SSSR count). The van der Waals surface area contributed by atoms with Gasteiger partial charge in [0, 0.05) is 34.2 Å². The summed E-state index contributed by atoms with van der Waals surface area (Å²) in [5.74, 6) is 0.0745. The van der Waals surface area contributed by atoms with E-state index in [4.69, 9.17) is 4.74 Å². The Balaban J connectivity index is 1.74. The minimum absolute atomic E-state index is 0.0671. The standard InChI is InChI=1S/C24H13NO5/c26-22-18-7-3-4-8-19(18)23(27)21-20(22)13-14-5-1-2-6-17(14)24(21)30-16-11-9-15(10-12-16)25(28)29/h1-13H. The molecule has 6 nitrogen and oxygen atoms in total. The molecule has 4 aromatic carbocycles. The Kier molecular flexibility index (Phi) is 3.93. The zero-order chi connectivity index (χ0) is 20.8. The van der Waals surface area contributed by atoms with Gasteiger partial charge in [-0.05, 0) is 23.6 Å². The van der Waals surface area contributed by atoms with Crippen molar-refractivity contribution in [2.24, 2.45) is 0 Å². The third kappa shape index (κ3) is 2.66. The lowest BCUT2D eigenvalue weighted by Crippen LogP contribution is -2.21. The van der Waals surface area contributed by atoms with Crippen molar-refractivity contribution in [1.82, 2.24) is 0 Å². The maximum absolute atomic E-state index is 13.3. The molecule has 144 valence electrons. The van der Waals surface area contributed by atoms with E-state index >= 15 is 0 Å². The van der Waals surface area contributed by atoms with Gasteiger partial charge >= 0.3 is 0 Å². The lowest BCUT2D eigenvalue weighted by molar-refractivity contribution is -0.384. The first-order chi connectivity index (χ1) is 14.5.